The van der Waals surface area contributed by atoms with Gasteiger partial charge in [-0.1, -0.05) is 12.1 Å². The van der Waals surface area contributed by atoms with Gasteiger partial charge in [-0.2, -0.15) is 0 Å². The topological polar surface area (TPSA) is 67.6 Å². The highest BCUT2D eigenvalue weighted by atomic mass is 16.5. The number of likely N-dealkylation sites (tertiary alicyclic amines) is 1. The molecule has 1 atom stereocenters. The van der Waals surface area contributed by atoms with Crippen LogP contribution in [0, 0.1) is 0 Å². The van der Waals surface area contributed by atoms with Gasteiger partial charge in [0.1, 0.15) is 5.52 Å². The Morgan fingerprint density at radius 1 is 1.25 bits per heavy atom. The second-order valence-corrected chi connectivity index (χ2v) is 6.60. The van der Waals surface area contributed by atoms with Gasteiger partial charge in [-0.15, -0.1) is 0 Å². The summed E-state index contributed by atoms with van der Waals surface area (Å²) >= 11 is 0. The lowest BCUT2D eigenvalue weighted by Crippen LogP contribution is -2.46. The average molecular weight is 329 g/mol. The van der Waals surface area contributed by atoms with Crippen molar-refractivity contribution in [3.8, 4) is 0 Å². The summed E-state index contributed by atoms with van der Waals surface area (Å²) in [7, 11) is 0. The van der Waals surface area contributed by atoms with Gasteiger partial charge in [0.25, 0.3) is 0 Å². The fraction of sp³-hybridized carbons (Fsp3) is 0.556. The Labute approximate surface area is 141 Å². The van der Waals surface area contributed by atoms with Crippen molar-refractivity contribution < 1.29 is 13.9 Å². The van der Waals surface area contributed by atoms with Crippen LogP contribution in [0.25, 0.3) is 11.1 Å². The van der Waals surface area contributed by atoms with E-state index < -0.39 is 0 Å². The summed E-state index contributed by atoms with van der Waals surface area (Å²) in [5, 5.41) is 2.99. The molecule has 0 bridgehead atoms. The summed E-state index contributed by atoms with van der Waals surface area (Å²) in [6.45, 7) is 2.90. The van der Waals surface area contributed by atoms with Crippen LogP contribution in [-0.2, 0) is 4.74 Å². The van der Waals surface area contributed by atoms with Crippen molar-refractivity contribution in [3.05, 3.63) is 30.2 Å². The van der Waals surface area contributed by atoms with Crippen molar-refractivity contribution in [2.45, 2.75) is 37.7 Å². The molecule has 0 spiro atoms. The minimum absolute atomic E-state index is 0.0153. The van der Waals surface area contributed by atoms with Gasteiger partial charge in [0.15, 0.2) is 11.5 Å². The number of nitrogens with one attached hydrogen (secondary N) is 1. The molecule has 0 unspecified atom stereocenters. The van der Waals surface area contributed by atoms with Crippen LogP contribution in [-0.4, -0.2) is 48.3 Å². The first-order valence-electron chi connectivity index (χ1n) is 8.79. The molecular formula is C18H23N3O3. The maximum absolute atomic E-state index is 12.3. The van der Waals surface area contributed by atoms with Crippen LogP contribution in [0.5, 0.6) is 0 Å². The van der Waals surface area contributed by atoms with Gasteiger partial charge in [-0.25, -0.2) is 9.78 Å². The van der Waals surface area contributed by atoms with Gasteiger partial charge in [-0.3, -0.25) is 0 Å². The first kappa shape index (κ1) is 15.4. The number of aromatic nitrogens is 1. The zero-order chi connectivity index (χ0) is 16.4. The average Bonchev–Trinajstić information content (AvgIpc) is 3.29. The number of nitrogens with zero attached hydrogens (tertiary/aromatic N) is 2. The van der Waals surface area contributed by atoms with Gasteiger partial charge in [0, 0.05) is 32.2 Å². The zero-order valence-corrected chi connectivity index (χ0v) is 13.7. The van der Waals surface area contributed by atoms with Crippen molar-refractivity contribution >= 4 is 17.1 Å². The third-order valence-electron chi connectivity index (χ3n) is 4.95. The van der Waals surface area contributed by atoms with E-state index in [1.54, 1.807) is 0 Å². The van der Waals surface area contributed by atoms with Crippen molar-refractivity contribution in [3.63, 3.8) is 0 Å². The summed E-state index contributed by atoms with van der Waals surface area (Å²) in [5.74, 6) is 1.09. The van der Waals surface area contributed by atoms with E-state index >= 15 is 0 Å². The Morgan fingerprint density at radius 2 is 2.08 bits per heavy atom. The Kier molecular flexibility index (Phi) is 4.38. The van der Waals surface area contributed by atoms with E-state index in [1.165, 1.54) is 0 Å². The van der Waals surface area contributed by atoms with Crippen LogP contribution in [0.2, 0.25) is 0 Å². The number of hydrogen-bond acceptors (Lipinski definition) is 4. The summed E-state index contributed by atoms with van der Waals surface area (Å²) in [6.07, 6.45) is 4.10. The number of fused-ring (bicyclic) bond motifs is 1. The fourth-order valence-electron chi connectivity index (χ4n) is 3.51. The monoisotopic (exact) mass is 329 g/mol. The number of ether oxygens (including phenoxy) is 1. The van der Waals surface area contributed by atoms with E-state index in [1.807, 2.05) is 29.2 Å². The molecule has 6 heteroatoms. The number of para-hydroxylation sites is 2. The molecule has 0 saturated carbocycles. The molecule has 2 aliphatic rings. The van der Waals surface area contributed by atoms with Gasteiger partial charge < -0.3 is 19.4 Å². The van der Waals surface area contributed by atoms with E-state index in [2.05, 4.69) is 10.3 Å². The van der Waals surface area contributed by atoms with Crippen LogP contribution in [0.15, 0.2) is 28.7 Å². The minimum atomic E-state index is 0.0153. The predicted octanol–water partition coefficient (Wildman–Crippen LogP) is 2.90. The van der Waals surface area contributed by atoms with Gasteiger partial charge in [0.05, 0.1) is 6.10 Å². The van der Waals surface area contributed by atoms with E-state index in [-0.39, 0.29) is 12.1 Å². The van der Waals surface area contributed by atoms with Crippen LogP contribution < -0.4 is 5.32 Å². The third kappa shape index (κ3) is 3.24. The zero-order valence-electron chi connectivity index (χ0n) is 13.7. The quantitative estimate of drug-likeness (QED) is 0.940. The van der Waals surface area contributed by atoms with Crippen LogP contribution >= 0.6 is 0 Å². The van der Waals surface area contributed by atoms with Crippen LogP contribution in [0.3, 0.4) is 0 Å². The van der Waals surface area contributed by atoms with Gasteiger partial charge in [-0.05, 0) is 37.8 Å². The minimum Gasteiger partial charge on any atom is -0.440 e. The highest BCUT2D eigenvalue weighted by molar-refractivity contribution is 5.74. The van der Waals surface area contributed by atoms with E-state index in [0.717, 1.165) is 62.4 Å². The Bertz CT molecular complexity index is 667. The largest absolute Gasteiger partial charge is 0.440 e. The highest BCUT2D eigenvalue weighted by Crippen LogP contribution is 2.29. The first-order chi connectivity index (χ1) is 11.8. The predicted molar refractivity (Wildman–Crippen MR) is 89.9 cm³/mol. The smallest absolute Gasteiger partial charge is 0.317 e. The maximum Gasteiger partial charge on any atom is 0.317 e. The number of piperidine rings is 1. The first-order valence-corrected chi connectivity index (χ1v) is 8.79. The normalized spacial score (nSPS) is 22.2. The lowest BCUT2D eigenvalue weighted by molar-refractivity contribution is 0.107. The Hall–Kier alpha value is -2.08. The summed E-state index contributed by atoms with van der Waals surface area (Å²) in [6, 6.07) is 7.85. The Balaban J connectivity index is 1.30. The number of carbonyl (C=O) groups is 1. The number of carbonyl (C=O) groups excluding carboxylic acids is 1. The number of oxazole rings is 1. The molecule has 2 aromatic rings. The molecule has 2 amide bonds. The van der Waals surface area contributed by atoms with Gasteiger partial charge in [0.2, 0.25) is 0 Å². The molecule has 1 aromatic heterocycles. The summed E-state index contributed by atoms with van der Waals surface area (Å²) in [4.78, 5) is 18.7. The maximum atomic E-state index is 12.3. The fourth-order valence-corrected chi connectivity index (χ4v) is 3.51. The van der Waals surface area contributed by atoms with Crippen LogP contribution in [0.1, 0.15) is 37.5 Å². The molecule has 6 nitrogen and oxygen atoms in total. The van der Waals surface area contributed by atoms with E-state index in [0.29, 0.717) is 12.5 Å². The molecule has 3 heterocycles. The van der Waals surface area contributed by atoms with Crippen LogP contribution in [0.4, 0.5) is 4.79 Å². The summed E-state index contributed by atoms with van der Waals surface area (Å²) < 4.78 is 11.4. The van der Waals surface area contributed by atoms with Crippen molar-refractivity contribution in [2.75, 3.05) is 26.2 Å². The molecule has 2 saturated heterocycles. The van der Waals surface area contributed by atoms with Crippen molar-refractivity contribution in [1.29, 1.82) is 0 Å². The molecule has 0 radical (unpaired) electrons. The van der Waals surface area contributed by atoms with E-state index in [4.69, 9.17) is 9.15 Å². The molecule has 24 heavy (non-hydrogen) atoms. The number of benzene rings is 1. The molecule has 0 aliphatic carbocycles. The lowest BCUT2D eigenvalue weighted by atomic mass is 9.97. The molecule has 1 N–H and O–H groups in total. The standard InChI is InChI=1S/C18H23N3O3/c22-18(19-12-14-4-3-11-23-14)21-9-7-13(8-10-21)17-20-15-5-1-2-6-16(15)24-17/h1-2,5-6,13-14H,3-4,7-12H2,(H,19,22)/t14-/m0/s1. The lowest BCUT2D eigenvalue weighted by Gasteiger charge is -2.31. The molecule has 128 valence electrons. The Morgan fingerprint density at radius 3 is 2.83 bits per heavy atom. The highest BCUT2D eigenvalue weighted by Gasteiger charge is 2.27. The molecule has 2 fully saturated rings. The molecule has 2 aliphatic heterocycles. The second kappa shape index (κ2) is 6.81. The third-order valence-corrected chi connectivity index (χ3v) is 4.95. The SMILES string of the molecule is O=C(NC[C@@H]1CCCO1)N1CCC(c2nc3ccccc3o2)CC1. The second-order valence-electron chi connectivity index (χ2n) is 6.60. The summed E-state index contributed by atoms with van der Waals surface area (Å²) in [5.41, 5.74) is 1.74. The van der Waals surface area contributed by atoms with E-state index in [9.17, 15) is 4.79 Å². The molecular weight excluding hydrogens is 306 g/mol. The van der Waals surface area contributed by atoms with Gasteiger partial charge >= 0.3 is 6.03 Å². The van der Waals surface area contributed by atoms with Crippen molar-refractivity contribution in [1.82, 2.24) is 15.2 Å². The number of amides is 2. The number of rotatable bonds is 3. The van der Waals surface area contributed by atoms with Crippen molar-refractivity contribution in [2.24, 2.45) is 0 Å². The molecule has 1 aromatic carbocycles. The number of urea groups is 1. The molecule has 4 rings (SSSR count). The number of hydrogen-bond donors (Lipinski definition) is 1.